The van der Waals surface area contributed by atoms with Crippen molar-refractivity contribution in [2.24, 2.45) is 0 Å². The number of anilines is 1. The van der Waals surface area contributed by atoms with E-state index in [-0.39, 0.29) is 11.8 Å². The van der Waals surface area contributed by atoms with Gasteiger partial charge in [-0.05, 0) is 37.6 Å². The van der Waals surface area contributed by atoms with Gasteiger partial charge in [0, 0.05) is 40.5 Å². The summed E-state index contributed by atoms with van der Waals surface area (Å²) in [6.07, 6.45) is 0.975. The van der Waals surface area contributed by atoms with Crippen LogP contribution in [0.1, 0.15) is 19.8 Å². The standard InChI is InChI=1S/C19H19N3O2/c1-2-22-16-6-4-3-5-13(16)14-11-12(7-9-17(14)22)20-19(24)15-8-10-18(23)21-15/h3-7,9,11,15H,2,8,10H2,1H3,(H,20,24)(H,21,23)/t15-/m1/s1. The number of benzene rings is 2. The lowest BCUT2D eigenvalue weighted by atomic mass is 10.1. The minimum absolute atomic E-state index is 0.0587. The molecule has 0 bridgehead atoms. The molecule has 1 aromatic heterocycles. The van der Waals surface area contributed by atoms with Crippen LogP contribution in [0.5, 0.6) is 0 Å². The molecule has 1 atom stereocenters. The van der Waals surface area contributed by atoms with Crippen LogP contribution in [0.4, 0.5) is 5.69 Å². The number of fused-ring (bicyclic) bond motifs is 3. The van der Waals surface area contributed by atoms with Crippen molar-refractivity contribution in [3.63, 3.8) is 0 Å². The highest BCUT2D eigenvalue weighted by Crippen LogP contribution is 2.31. The van der Waals surface area contributed by atoms with E-state index >= 15 is 0 Å². The molecule has 0 aliphatic carbocycles. The van der Waals surface area contributed by atoms with Crippen LogP contribution in [0.2, 0.25) is 0 Å². The number of hydrogen-bond donors (Lipinski definition) is 2. The zero-order chi connectivity index (χ0) is 16.7. The summed E-state index contributed by atoms with van der Waals surface area (Å²) in [5.74, 6) is -0.212. The Labute approximate surface area is 139 Å². The summed E-state index contributed by atoms with van der Waals surface area (Å²) >= 11 is 0. The van der Waals surface area contributed by atoms with Gasteiger partial charge in [-0.2, -0.15) is 0 Å². The first-order valence-corrected chi connectivity index (χ1v) is 8.28. The molecule has 3 aromatic rings. The summed E-state index contributed by atoms with van der Waals surface area (Å²) in [6, 6.07) is 13.8. The minimum atomic E-state index is -0.426. The van der Waals surface area contributed by atoms with E-state index in [0.717, 1.165) is 23.1 Å². The molecular weight excluding hydrogens is 302 g/mol. The summed E-state index contributed by atoms with van der Waals surface area (Å²) in [6.45, 7) is 3.02. The fraction of sp³-hybridized carbons (Fsp3) is 0.263. The molecular formula is C19H19N3O2. The van der Waals surface area contributed by atoms with Crippen LogP contribution in [0, 0.1) is 0 Å². The van der Waals surface area contributed by atoms with Crippen molar-refractivity contribution < 1.29 is 9.59 Å². The number of amides is 2. The maximum Gasteiger partial charge on any atom is 0.246 e. The van der Waals surface area contributed by atoms with Gasteiger partial charge in [-0.25, -0.2) is 0 Å². The second-order valence-electron chi connectivity index (χ2n) is 6.14. The normalized spacial score (nSPS) is 17.4. The number of hydrogen-bond acceptors (Lipinski definition) is 2. The fourth-order valence-corrected chi connectivity index (χ4v) is 3.51. The molecule has 1 aliphatic rings. The Morgan fingerprint density at radius 1 is 1.21 bits per heavy atom. The molecule has 4 rings (SSSR count). The first-order chi connectivity index (χ1) is 11.7. The zero-order valence-corrected chi connectivity index (χ0v) is 13.5. The van der Waals surface area contributed by atoms with Crippen LogP contribution >= 0.6 is 0 Å². The number of carbonyl (C=O) groups excluding carboxylic acids is 2. The van der Waals surface area contributed by atoms with E-state index in [1.165, 1.54) is 10.9 Å². The van der Waals surface area contributed by atoms with Gasteiger partial charge in [0.05, 0.1) is 0 Å². The maximum absolute atomic E-state index is 12.3. The topological polar surface area (TPSA) is 63.1 Å². The second kappa shape index (κ2) is 5.67. The average molecular weight is 321 g/mol. The Morgan fingerprint density at radius 3 is 2.75 bits per heavy atom. The van der Waals surface area contributed by atoms with Crippen LogP contribution in [-0.2, 0) is 16.1 Å². The average Bonchev–Trinajstić information content (AvgIpc) is 3.16. The molecule has 122 valence electrons. The molecule has 24 heavy (non-hydrogen) atoms. The summed E-state index contributed by atoms with van der Waals surface area (Å²) in [4.78, 5) is 23.6. The maximum atomic E-state index is 12.3. The van der Waals surface area contributed by atoms with Crippen molar-refractivity contribution in [2.75, 3.05) is 5.32 Å². The van der Waals surface area contributed by atoms with Gasteiger partial charge < -0.3 is 15.2 Å². The molecule has 1 aliphatic heterocycles. The minimum Gasteiger partial charge on any atom is -0.344 e. The number of para-hydroxylation sites is 1. The van der Waals surface area contributed by atoms with Crippen molar-refractivity contribution in [1.82, 2.24) is 9.88 Å². The molecule has 1 saturated heterocycles. The zero-order valence-electron chi connectivity index (χ0n) is 13.5. The SMILES string of the molecule is CCn1c2ccccc2c2cc(NC(=O)[C@H]3CCC(=O)N3)ccc21. The van der Waals surface area contributed by atoms with Crippen LogP contribution in [0.25, 0.3) is 21.8 Å². The number of rotatable bonds is 3. The van der Waals surface area contributed by atoms with E-state index in [1.54, 1.807) is 0 Å². The Kier molecular flexibility index (Phi) is 3.49. The molecule has 0 saturated carbocycles. The third-order valence-electron chi connectivity index (χ3n) is 4.67. The second-order valence-corrected chi connectivity index (χ2v) is 6.14. The van der Waals surface area contributed by atoms with E-state index in [1.807, 2.05) is 30.3 Å². The molecule has 5 heteroatoms. The lowest BCUT2D eigenvalue weighted by molar-refractivity contribution is -0.122. The van der Waals surface area contributed by atoms with E-state index < -0.39 is 6.04 Å². The molecule has 0 radical (unpaired) electrons. The predicted octanol–water partition coefficient (Wildman–Crippen LogP) is 3.03. The fourth-order valence-electron chi connectivity index (χ4n) is 3.51. The molecule has 0 unspecified atom stereocenters. The van der Waals surface area contributed by atoms with Gasteiger partial charge in [0.1, 0.15) is 6.04 Å². The van der Waals surface area contributed by atoms with Gasteiger partial charge in [0.25, 0.3) is 0 Å². The lowest BCUT2D eigenvalue weighted by Crippen LogP contribution is -2.37. The molecule has 2 heterocycles. The molecule has 5 nitrogen and oxygen atoms in total. The Bertz CT molecular complexity index is 958. The molecule has 1 fully saturated rings. The smallest absolute Gasteiger partial charge is 0.246 e. The van der Waals surface area contributed by atoms with Crippen molar-refractivity contribution in [1.29, 1.82) is 0 Å². The van der Waals surface area contributed by atoms with E-state index in [4.69, 9.17) is 0 Å². The first-order valence-electron chi connectivity index (χ1n) is 8.28. The quantitative estimate of drug-likeness (QED) is 0.779. The van der Waals surface area contributed by atoms with Crippen LogP contribution in [-0.4, -0.2) is 22.4 Å². The van der Waals surface area contributed by atoms with E-state index in [9.17, 15) is 9.59 Å². The molecule has 2 amide bonds. The number of nitrogens with one attached hydrogen (secondary N) is 2. The molecule has 2 N–H and O–H groups in total. The Morgan fingerprint density at radius 2 is 2.00 bits per heavy atom. The summed E-state index contributed by atoms with van der Waals surface area (Å²) in [5.41, 5.74) is 3.11. The van der Waals surface area contributed by atoms with Gasteiger partial charge in [0.15, 0.2) is 0 Å². The highest BCUT2D eigenvalue weighted by Gasteiger charge is 2.27. The number of aryl methyl sites for hydroxylation is 1. The van der Waals surface area contributed by atoms with Gasteiger partial charge in [0.2, 0.25) is 11.8 Å². The van der Waals surface area contributed by atoms with Gasteiger partial charge in [-0.3, -0.25) is 9.59 Å². The summed E-state index contributed by atoms with van der Waals surface area (Å²) in [5, 5.41) is 7.93. The summed E-state index contributed by atoms with van der Waals surface area (Å²) in [7, 11) is 0. The van der Waals surface area contributed by atoms with Crippen molar-refractivity contribution in [3.8, 4) is 0 Å². The highest BCUT2D eigenvalue weighted by molar-refractivity contribution is 6.10. The highest BCUT2D eigenvalue weighted by atomic mass is 16.2. The first kappa shape index (κ1) is 14.8. The predicted molar refractivity (Wildman–Crippen MR) is 94.9 cm³/mol. The van der Waals surface area contributed by atoms with Crippen LogP contribution < -0.4 is 10.6 Å². The Hall–Kier alpha value is -2.82. The van der Waals surface area contributed by atoms with Crippen molar-refractivity contribution in [2.45, 2.75) is 32.4 Å². The third-order valence-corrected chi connectivity index (χ3v) is 4.67. The monoisotopic (exact) mass is 321 g/mol. The van der Waals surface area contributed by atoms with Crippen LogP contribution in [0.15, 0.2) is 42.5 Å². The van der Waals surface area contributed by atoms with Gasteiger partial charge in [-0.15, -0.1) is 0 Å². The molecule has 0 spiro atoms. The largest absolute Gasteiger partial charge is 0.344 e. The lowest BCUT2D eigenvalue weighted by Gasteiger charge is -2.11. The molecule has 2 aromatic carbocycles. The number of aromatic nitrogens is 1. The third kappa shape index (κ3) is 2.33. The van der Waals surface area contributed by atoms with Crippen molar-refractivity contribution in [3.05, 3.63) is 42.5 Å². The number of nitrogens with zero attached hydrogens (tertiary/aromatic N) is 1. The van der Waals surface area contributed by atoms with Gasteiger partial charge in [-0.1, -0.05) is 18.2 Å². The van der Waals surface area contributed by atoms with E-state index in [0.29, 0.717) is 12.8 Å². The Balaban J connectivity index is 1.72. The summed E-state index contributed by atoms with van der Waals surface area (Å²) < 4.78 is 2.27. The van der Waals surface area contributed by atoms with Crippen molar-refractivity contribution >= 4 is 39.3 Å². The van der Waals surface area contributed by atoms with Gasteiger partial charge >= 0.3 is 0 Å². The van der Waals surface area contributed by atoms with E-state index in [2.05, 4.69) is 34.3 Å². The number of carbonyl (C=O) groups is 2. The van der Waals surface area contributed by atoms with Crippen LogP contribution in [0.3, 0.4) is 0 Å².